The molecule has 0 saturated carbocycles. The van der Waals surface area contributed by atoms with E-state index in [0.29, 0.717) is 5.69 Å². The van der Waals surface area contributed by atoms with Gasteiger partial charge >= 0.3 is 0 Å². The number of hydrogen-bond acceptors (Lipinski definition) is 3. The highest BCUT2D eigenvalue weighted by Gasteiger charge is 2.27. The van der Waals surface area contributed by atoms with Gasteiger partial charge in [0, 0.05) is 17.5 Å². The Morgan fingerprint density at radius 3 is 2.08 bits per heavy atom. The number of para-hydroxylation sites is 1. The predicted molar refractivity (Wildman–Crippen MR) is 48.2 cm³/mol. The highest BCUT2D eigenvalue weighted by atomic mass is 35.5. The molecule has 0 spiro atoms. The number of nitro benzene ring substituents is 1. The quantitative estimate of drug-likeness (QED) is 0.550. The molecule has 4 nitrogen and oxygen atoms in total. The van der Waals surface area contributed by atoms with Gasteiger partial charge in [0.05, 0.1) is 4.92 Å². The van der Waals surface area contributed by atoms with E-state index in [2.05, 4.69) is 0 Å². The van der Waals surface area contributed by atoms with Crippen molar-refractivity contribution in [3.05, 3.63) is 39.4 Å². The summed E-state index contributed by atoms with van der Waals surface area (Å²) in [6.45, 7) is 0. The molecule has 1 aromatic carbocycles. The highest BCUT2D eigenvalue weighted by molar-refractivity contribution is 5.85. The number of nitro groups is 1. The largest absolute Gasteiger partial charge is 0.344 e. The van der Waals surface area contributed by atoms with E-state index < -0.39 is 0 Å². The maximum atomic E-state index is 10.3. The third-order valence-electron chi connectivity index (χ3n) is 1.77. The second-order valence-corrected chi connectivity index (χ2v) is 2.36. The Morgan fingerprint density at radius 2 is 1.83 bits per heavy atom. The van der Waals surface area contributed by atoms with Gasteiger partial charge in [-0.3, -0.25) is 10.1 Å². The Morgan fingerprint density at radius 1 is 1.33 bits per heavy atom. The summed E-state index contributed by atoms with van der Waals surface area (Å²) < 4.78 is 0. The maximum absolute atomic E-state index is 10.3. The van der Waals surface area contributed by atoms with E-state index in [-0.39, 0.29) is 23.5 Å². The van der Waals surface area contributed by atoms with Crippen LogP contribution in [0, 0.1) is 10.1 Å². The summed E-state index contributed by atoms with van der Waals surface area (Å²) in [4.78, 5) is 9.96. The lowest BCUT2D eigenvalue weighted by atomic mass is 9.90. The Labute approximate surface area is 75.7 Å². The van der Waals surface area contributed by atoms with Crippen LogP contribution in [0.15, 0.2) is 18.2 Å². The fourth-order valence-corrected chi connectivity index (χ4v) is 1.26. The summed E-state index contributed by atoms with van der Waals surface area (Å²) >= 11 is 0. The van der Waals surface area contributed by atoms with Crippen molar-refractivity contribution in [2.24, 2.45) is 0 Å². The lowest BCUT2D eigenvalue weighted by Gasteiger charge is -2.14. The average Bonchev–Trinajstić information content (AvgIpc) is 1.87. The average molecular weight is 189 g/mol. The minimum atomic E-state index is -0.311. The van der Waals surface area contributed by atoms with Crippen LogP contribution in [0.2, 0.25) is 0 Å². The van der Waals surface area contributed by atoms with E-state index in [0.717, 1.165) is 17.5 Å². The second kappa shape index (κ2) is 3.51. The van der Waals surface area contributed by atoms with Gasteiger partial charge in [-0.05, 0) is 0 Å². The standard InChI is InChI=1S/C7H5NO2.ClH.H3N/c9-8(10)7-5-2-1-3-6(7)4-5;;/h1-3H,4H2;1H;1H3. The summed E-state index contributed by atoms with van der Waals surface area (Å²) in [5.41, 5.74) is 2.05. The minimum Gasteiger partial charge on any atom is -0.344 e. The molecule has 3 rings (SSSR count). The van der Waals surface area contributed by atoms with Crippen LogP contribution >= 0.6 is 12.4 Å². The van der Waals surface area contributed by atoms with Crippen molar-refractivity contribution >= 4 is 18.1 Å². The maximum Gasteiger partial charge on any atom is 0.276 e. The lowest BCUT2D eigenvalue weighted by molar-refractivity contribution is -0.388. The first-order valence-corrected chi connectivity index (χ1v) is 3.04. The topological polar surface area (TPSA) is 78.1 Å². The van der Waals surface area contributed by atoms with Crippen molar-refractivity contribution in [1.82, 2.24) is 6.15 Å². The van der Waals surface area contributed by atoms with Crippen LogP contribution in [0.1, 0.15) is 11.1 Å². The Bertz CT molecular complexity index is 294. The molecular weight excluding hydrogens is 180 g/mol. The highest BCUT2D eigenvalue weighted by Crippen LogP contribution is 2.35. The van der Waals surface area contributed by atoms with Gasteiger partial charge in [0.2, 0.25) is 0 Å². The first-order chi connectivity index (χ1) is 4.79. The van der Waals surface area contributed by atoms with Gasteiger partial charge < -0.3 is 6.15 Å². The van der Waals surface area contributed by atoms with Crippen molar-refractivity contribution < 1.29 is 4.92 Å². The van der Waals surface area contributed by atoms with Crippen molar-refractivity contribution in [3.63, 3.8) is 0 Å². The van der Waals surface area contributed by atoms with E-state index >= 15 is 0 Å². The summed E-state index contributed by atoms with van der Waals surface area (Å²) in [6, 6.07) is 5.44. The molecule has 3 N–H and O–H groups in total. The third kappa shape index (κ3) is 1.26. The molecule has 2 aliphatic rings. The number of hydrogen-bond donors (Lipinski definition) is 1. The van der Waals surface area contributed by atoms with Crippen molar-refractivity contribution in [2.45, 2.75) is 6.42 Å². The zero-order valence-electron chi connectivity index (χ0n) is 6.32. The molecule has 0 aliphatic heterocycles. The predicted octanol–water partition coefficient (Wildman–Crippen LogP) is 2.08. The summed E-state index contributed by atoms with van der Waals surface area (Å²) in [6.07, 6.45) is 0.785. The summed E-state index contributed by atoms with van der Waals surface area (Å²) in [7, 11) is 0. The van der Waals surface area contributed by atoms with Gasteiger partial charge in [-0.2, -0.15) is 0 Å². The van der Waals surface area contributed by atoms with Gasteiger partial charge in [0.25, 0.3) is 5.69 Å². The van der Waals surface area contributed by atoms with Gasteiger partial charge in [-0.1, -0.05) is 18.2 Å². The number of fused-ring (bicyclic) bond motifs is 2. The van der Waals surface area contributed by atoms with Gasteiger partial charge in [-0.15, -0.1) is 12.4 Å². The van der Waals surface area contributed by atoms with Gasteiger partial charge in [0.1, 0.15) is 0 Å². The molecule has 2 bridgehead atoms. The van der Waals surface area contributed by atoms with Crippen molar-refractivity contribution in [2.75, 3.05) is 0 Å². The molecule has 1 aromatic rings. The van der Waals surface area contributed by atoms with E-state index in [9.17, 15) is 10.1 Å². The summed E-state index contributed by atoms with van der Waals surface area (Å²) in [5.74, 6) is 0. The first kappa shape index (κ1) is 10.9. The SMILES string of the molecule is Cl.N.O=[N+]([O-])c1c2cccc1C2. The van der Waals surface area contributed by atoms with Crippen LogP contribution in [-0.4, -0.2) is 4.92 Å². The molecule has 0 unspecified atom stereocenters. The van der Waals surface area contributed by atoms with E-state index in [1.807, 2.05) is 6.07 Å². The smallest absolute Gasteiger partial charge is 0.276 e. The molecule has 0 atom stereocenters. The lowest BCUT2D eigenvalue weighted by Crippen LogP contribution is -2.09. The monoisotopic (exact) mass is 188 g/mol. The molecule has 0 radical (unpaired) electrons. The van der Waals surface area contributed by atoms with Gasteiger partial charge in [-0.25, -0.2) is 0 Å². The first-order valence-electron chi connectivity index (χ1n) is 3.04. The Hall–Kier alpha value is -1.13. The Kier molecular flexibility index (Phi) is 3.18. The van der Waals surface area contributed by atoms with Crippen LogP contribution in [0.4, 0.5) is 5.69 Å². The van der Waals surface area contributed by atoms with Gasteiger partial charge in [0.15, 0.2) is 0 Å². The fraction of sp³-hybridized carbons (Fsp3) is 0.143. The normalized spacial score (nSPS) is 10.3. The van der Waals surface area contributed by atoms with E-state index in [4.69, 9.17) is 0 Å². The van der Waals surface area contributed by atoms with Crippen LogP contribution in [0.5, 0.6) is 0 Å². The summed E-state index contributed by atoms with van der Waals surface area (Å²) in [5, 5.41) is 10.3. The number of rotatable bonds is 1. The minimum absolute atomic E-state index is 0. The molecule has 0 saturated heterocycles. The van der Waals surface area contributed by atoms with Crippen LogP contribution < -0.4 is 6.15 Å². The molecule has 12 heavy (non-hydrogen) atoms. The van der Waals surface area contributed by atoms with E-state index in [1.165, 1.54) is 0 Å². The molecule has 0 heterocycles. The molecule has 5 heteroatoms. The molecule has 2 aliphatic carbocycles. The fourth-order valence-electron chi connectivity index (χ4n) is 1.26. The third-order valence-corrected chi connectivity index (χ3v) is 1.77. The second-order valence-electron chi connectivity index (χ2n) is 2.36. The molecular formula is C7H9ClN2O2. The van der Waals surface area contributed by atoms with Crippen molar-refractivity contribution in [1.29, 1.82) is 0 Å². The number of halogens is 1. The molecule has 0 fully saturated rings. The van der Waals surface area contributed by atoms with Crippen LogP contribution in [0.3, 0.4) is 0 Å². The molecule has 66 valence electrons. The van der Waals surface area contributed by atoms with Crippen LogP contribution in [-0.2, 0) is 6.42 Å². The molecule has 0 amide bonds. The number of nitrogens with zero attached hydrogens (tertiary/aromatic N) is 1. The zero-order chi connectivity index (χ0) is 7.14. The Balaban J connectivity index is 0.000000605. The van der Waals surface area contributed by atoms with Crippen LogP contribution in [0.25, 0.3) is 0 Å². The van der Waals surface area contributed by atoms with E-state index in [1.54, 1.807) is 12.1 Å². The molecule has 0 aromatic heterocycles. The van der Waals surface area contributed by atoms with Crippen molar-refractivity contribution in [3.8, 4) is 0 Å². The number of benzene rings is 1. The zero-order valence-corrected chi connectivity index (χ0v) is 7.13.